The van der Waals surface area contributed by atoms with Gasteiger partial charge in [-0.3, -0.25) is 4.99 Å². The summed E-state index contributed by atoms with van der Waals surface area (Å²) >= 11 is 0. The van der Waals surface area contributed by atoms with Crippen molar-refractivity contribution in [3.63, 3.8) is 0 Å². The maximum atomic E-state index is 13.3. The normalized spacial score (nSPS) is 11.8. The van der Waals surface area contributed by atoms with Crippen LogP contribution in [0.15, 0.2) is 23.2 Å². The van der Waals surface area contributed by atoms with Crippen LogP contribution in [0.3, 0.4) is 0 Å². The Kier molecular flexibility index (Phi) is 4.87. The van der Waals surface area contributed by atoms with Crippen molar-refractivity contribution >= 4 is 5.96 Å². The van der Waals surface area contributed by atoms with Gasteiger partial charge in [-0.05, 0) is 32.0 Å². The lowest BCUT2D eigenvalue weighted by Crippen LogP contribution is -2.40. The first-order valence-corrected chi connectivity index (χ1v) is 5.44. The topological polar surface area (TPSA) is 36.4 Å². The van der Waals surface area contributed by atoms with Crippen molar-refractivity contribution in [2.24, 2.45) is 4.99 Å². The molecule has 3 nitrogen and oxygen atoms in total. The van der Waals surface area contributed by atoms with E-state index in [1.54, 1.807) is 7.05 Å². The fraction of sp³-hybridized carbons (Fsp3) is 0.417. The Bertz CT molecular complexity index is 403. The van der Waals surface area contributed by atoms with Crippen molar-refractivity contribution in [3.8, 4) is 0 Å². The van der Waals surface area contributed by atoms with E-state index in [-0.39, 0.29) is 18.2 Å². The molecule has 1 aromatic rings. The molecule has 0 spiro atoms. The summed E-state index contributed by atoms with van der Waals surface area (Å²) in [5, 5.41) is 5.97. The molecular weight excluding hydrogens is 224 g/mol. The lowest BCUT2D eigenvalue weighted by Gasteiger charge is -2.14. The van der Waals surface area contributed by atoms with Crippen LogP contribution < -0.4 is 10.6 Å². The number of benzene rings is 1. The Balaban J connectivity index is 2.63. The predicted octanol–water partition coefficient (Wildman–Crippen LogP) is 2.04. The summed E-state index contributed by atoms with van der Waals surface area (Å²) in [4.78, 5) is 3.97. The molecule has 0 aliphatic carbocycles. The molecule has 0 fully saturated rings. The third-order valence-electron chi connectivity index (χ3n) is 2.10. The van der Waals surface area contributed by atoms with Crippen LogP contribution in [0.5, 0.6) is 0 Å². The second-order valence-electron chi connectivity index (χ2n) is 3.96. The van der Waals surface area contributed by atoms with Gasteiger partial charge in [0.1, 0.15) is 11.6 Å². The van der Waals surface area contributed by atoms with Gasteiger partial charge in [0.15, 0.2) is 5.96 Å². The molecule has 0 heterocycles. The van der Waals surface area contributed by atoms with E-state index in [2.05, 4.69) is 15.6 Å². The van der Waals surface area contributed by atoms with Crippen LogP contribution in [0.2, 0.25) is 0 Å². The summed E-state index contributed by atoms with van der Waals surface area (Å²) in [6.45, 7) is 4.13. The predicted molar refractivity (Wildman–Crippen MR) is 64.8 cm³/mol. The number of halogens is 2. The molecule has 0 bridgehead atoms. The van der Waals surface area contributed by atoms with Gasteiger partial charge >= 0.3 is 0 Å². The highest BCUT2D eigenvalue weighted by atomic mass is 19.1. The fourth-order valence-electron chi connectivity index (χ4n) is 1.33. The van der Waals surface area contributed by atoms with Crippen LogP contribution in [-0.4, -0.2) is 19.0 Å². The van der Waals surface area contributed by atoms with Crippen molar-refractivity contribution in [3.05, 3.63) is 35.4 Å². The zero-order valence-corrected chi connectivity index (χ0v) is 10.2. The highest BCUT2D eigenvalue weighted by Gasteiger charge is 2.05. The summed E-state index contributed by atoms with van der Waals surface area (Å²) < 4.78 is 26.2. The number of guanidine groups is 1. The molecule has 0 unspecified atom stereocenters. The van der Waals surface area contributed by atoms with Gasteiger partial charge in [0.25, 0.3) is 0 Å². The average Bonchev–Trinajstić information content (AvgIpc) is 2.28. The van der Waals surface area contributed by atoms with Gasteiger partial charge in [-0.1, -0.05) is 0 Å². The number of nitrogens with zero attached hydrogens (tertiary/aromatic N) is 1. The third-order valence-corrected chi connectivity index (χ3v) is 2.10. The van der Waals surface area contributed by atoms with Crippen molar-refractivity contribution in [2.75, 3.05) is 7.05 Å². The first kappa shape index (κ1) is 13.4. The molecule has 0 aliphatic heterocycles. The van der Waals surface area contributed by atoms with Crippen molar-refractivity contribution in [1.82, 2.24) is 10.6 Å². The standard InChI is InChI=1S/C12H17F2N3/c1-8(2)17-12(15-3)16-7-9-6-10(13)4-5-11(9)14/h4-6,8H,7H2,1-3H3,(H2,15,16,17). The molecule has 2 N–H and O–H groups in total. The highest BCUT2D eigenvalue weighted by Crippen LogP contribution is 2.08. The lowest BCUT2D eigenvalue weighted by atomic mass is 10.2. The van der Waals surface area contributed by atoms with Crippen LogP contribution in [0, 0.1) is 11.6 Å². The zero-order chi connectivity index (χ0) is 12.8. The smallest absolute Gasteiger partial charge is 0.191 e. The zero-order valence-electron chi connectivity index (χ0n) is 10.2. The first-order chi connectivity index (χ1) is 8.02. The van der Waals surface area contributed by atoms with Gasteiger partial charge in [-0.25, -0.2) is 8.78 Å². The minimum absolute atomic E-state index is 0.190. The van der Waals surface area contributed by atoms with Gasteiger partial charge in [-0.15, -0.1) is 0 Å². The van der Waals surface area contributed by atoms with Crippen LogP contribution in [-0.2, 0) is 6.54 Å². The van der Waals surface area contributed by atoms with E-state index >= 15 is 0 Å². The van der Waals surface area contributed by atoms with Gasteiger partial charge < -0.3 is 10.6 Å². The second kappa shape index (κ2) is 6.18. The first-order valence-electron chi connectivity index (χ1n) is 5.44. The molecule has 94 valence electrons. The molecule has 0 radical (unpaired) electrons. The Labute approximate surface area is 99.9 Å². The van der Waals surface area contributed by atoms with Crippen LogP contribution in [0.25, 0.3) is 0 Å². The van der Waals surface area contributed by atoms with Crippen molar-refractivity contribution < 1.29 is 8.78 Å². The molecule has 5 heteroatoms. The maximum Gasteiger partial charge on any atom is 0.191 e. The Morgan fingerprint density at radius 3 is 2.65 bits per heavy atom. The molecule has 0 saturated heterocycles. The molecule has 0 aromatic heterocycles. The van der Waals surface area contributed by atoms with Gasteiger partial charge in [-0.2, -0.15) is 0 Å². The van der Waals surface area contributed by atoms with Crippen LogP contribution in [0.4, 0.5) is 8.78 Å². The molecule has 0 atom stereocenters. The quantitative estimate of drug-likeness (QED) is 0.627. The summed E-state index contributed by atoms with van der Waals surface area (Å²) in [6, 6.07) is 3.61. The van der Waals surface area contributed by atoms with E-state index in [1.165, 1.54) is 6.07 Å². The monoisotopic (exact) mass is 241 g/mol. The van der Waals surface area contributed by atoms with Crippen LogP contribution in [0.1, 0.15) is 19.4 Å². The molecule has 0 saturated carbocycles. The Morgan fingerprint density at radius 1 is 1.35 bits per heavy atom. The summed E-state index contributed by atoms with van der Waals surface area (Å²) in [6.07, 6.45) is 0. The molecule has 0 amide bonds. The molecule has 0 aliphatic rings. The van der Waals surface area contributed by atoms with Gasteiger partial charge in [0.2, 0.25) is 0 Å². The van der Waals surface area contributed by atoms with Gasteiger partial charge in [0, 0.05) is 25.2 Å². The third kappa shape index (κ3) is 4.38. The van der Waals surface area contributed by atoms with Gasteiger partial charge in [0.05, 0.1) is 0 Å². The summed E-state index contributed by atoms with van der Waals surface area (Å²) in [7, 11) is 1.62. The molecule has 1 aromatic carbocycles. The van der Waals surface area contributed by atoms with E-state index < -0.39 is 11.6 Å². The minimum Gasteiger partial charge on any atom is -0.354 e. The number of nitrogens with one attached hydrogen (secondary N) is 2. The van der Waals surface area contributed by atoms with E-state index in [0.29, 0.717) is 5.96 Å². The number of hydrogen-bond acceptors (Lipinski definition) is 1. The number of hydrogen-bond donors (Lipinski definition) is 2. The van der Waals surface area contributed by atoms with Crippen molar-refractivity contribution in [2.45, 2.75) is 26.4 Å². The maximum absolute atomic E-state index is 13.3. The largest absolute Gasteiger partial charge is 0.354 e. The van der Waals surface area contributed by atoms with E-state index in [1.807, 2.05) is 13.8 Å². The molecule has 1 rings (SSSR count). The van der Waals surface area contributed by atoms with Crippen LogP contribution >= 0.6 is 0 Å². The molecular formula is C12H17F2N3. The number of aliphatic imine (C=N–C) groups is 1. The van der Waals surface area contributed by atoms with E-state index in [0.717, 1.165) is 12.1 Å². The number of rotatable bonds is 3. The fourth-order valence-corrected chi connectivity index (χ4v) is 1.33. The SMILES string of the molecule is CN=C(NCc1cc(F)ccc1F)NC(C)C. The Hall–Kier alpha value is -1.65. The second-order valence-corrected chi connectivity index (χ2v) is 3.96. The Morgan fingerprint density at radius 2 is 2.06 bits per heavy atom. The molecule has 17 heavy (non-hydrogen) atoms. The van der Waals surface area contributed by atoms with E-state index in [4.69, 9.17) is 0 Å². The average molecular weight is 241 g/mol. The van der Waals surface area contributed by atoms with E-state index in [9.17, 15) is 8.78 Å². The highest BCUT2D eigenvalue weighted by molar-refractivity contribution is 5.79. The lowest BCUT2D eigenvalue weighted by molar-refractivity contribution is 0.580. The van der Waals surface area contributed by atoms with Crippen molar-refractivity contribution in [1.29, 1.82) is 0 Å². The summed E-state index contributed by atoms with van der Waals surface area (Å²) in [5.41, 5.74) is 0.275. The summed E-state index contributed by atoms with van der Waals surface area (Å²) in [5.74, 6) is -0.322. The minimum atomic E-state index is -0.449.